The number of unbranched alkanes of at least 4 members (excludes halogenated alkanes) is 6. The third kappa shape index (κ3) is 7.21. The number of aryl methyl sites for hydroxylation is 2. The predicted octanol–water partition coefficient (Wildman–Crippen LogP) is 2.83. The molecule has 6 heteroatoms. The topological polar surface area (TPSA) is 80.9 Å². The van der Waals surface area contributed by atoms with Gasteiger partial charge in [-0.05, 0) is 23.3 Å². The Morgan fingerprint density at radius 3 is 2.50 bits per heavy atom. The Morgan fingerprint density at radius 1 is 1.10 bits per heavy atom. The molecule has 6 nitrogen and oxygen atoms in total. The summed E-state index contributed by atoms with van der Waals surface area (Å²) >= 11 is 0. The molecular formula is C14H26N4O2. The van der Waals surface area contributed by atoms with E-state index >= 15 is 0 Å². The lowest BCUT2D eigenvalue weighted by atomic mass is 10.1. The van der Waals surface area contributed by atoms with E-state index in [-0.39, 0.29) is 6.42 Å². The van der Waals surface area contributed by atoms with Gasteiger partial charge in [0.15, 0.2) is 5.82 Å². The Bertz CT molecular complexity index is 379. The lowest BCUT2D eigenvalue weighted by molar-refractivity contribution is -0.137. The van der Waals surface area contributed by atoms with Crippen LogP contribution in [0, 0.1) is 0 Å². The van der Waals surface area contributed by atoms with Crippen LogP contribution in [0.15, 0.2) is 0 Å². The van der Waals surface area contributed by atoms with Crippen molar-refractivity contribution in [2.45, 2.75) is 77.7 Å². The van der Waals surface area contributed by atoms with E-state index in [9.17, 15) is 4.79 Å². The standard InChI is InChI=1S/C14H26N4O2/c1-2-3-4-5-6-7-8-10-13-15-16-17-18(13)12-9-11-14(19)20/h2-12H2,1H3,(H,19,20). The summed E-state index contributed by atoms with van der Waals surface area (Å²) in [5.41, 5.74) is 0. The van der Waals surface area contributed by atoms with Gasteiger partial charge in [0.25, 0.3) is 0 Å². The molecule has 20 heavy (non-hydrogen) atoms. The highest BCUT2D eigenvalue weighted by Gasteiger charge is 2.06. The fourth-order valence-electron chi connectivity index (χ4n) is 2.20. The Kier molecular flexibility index (Phi) is 8.58. The first-order valence-corrected chi connectivity index (χ1v) is 7.71. The zero-order chi connectivity index (χ0) is 14.6. The van der Waals surface area contributed by atoms with Gasteiger partial charge < -0.3 is 5.11 Å². The lowest BCUT2D eigenvalue weighted by Gasteiger charge is -2.04. The van der Waals surface area contributed by atoms with Crippen molar-refractivity contribution >= 4 is 5.97 Å². The number of aliphatic carboxylic acids is 1. The van der Waals surface area contributed by atoms with E-state index in [1.807, 2.05) is 0 Å². The second-order valence-corrected chi connectivity index (χ2v) is 5.19. The maximum absolute atomic E-state index is 10.5. The third-order valence-electron chi connectivity index (χ3n) is 3.37. The van der Waals surface area contributed by atoms with Crippen LogP contribution in [0.2, 0.25) is 0 Å². The lowest BCUT2D eigenvalue weighted by Crippen LogP contribution is -2.08. The molecule has 0 aromatic carbocycles. The number of tetrazole rings is 1. The van der Waals surface area contributed by atoms with Gasteiger partial charge in [-0.25, -0.2) is 4.68 Å². The molecule has 0 saturated carbocycles. The molecule has 1 rings (SSSR count). The number of carboxylic acids is 1. The Hall–Kier alpha value is -1.46. The predicted molar refractivity (Wildman–Crippen MR) is 76.4 cm³/mol. The summed E-state index contributed by atoms with van der Waals surface area (Å²) in [5, 5.41) is 20.2. The maximum Gasteiger partial charge on any atom is 0.303 e. The molecule has 0 atom stereocenters. The van der Waals surface area contributed by atoms with E-state index in [1.165, 1.54) is 38.5 Å². The summed E-state index contributed by atoms with van der Waals surface area (Å²) < 4.78 is 1.74. The van der Waals surface area contributed by atoms with Crippen molar-refractivity contribution in [2.75, 3.05) is 0 Å². The number of rotatable bonds is 12. The monoisotopic (exact) mass is 282 g/mol. The van der Waals surface area contributed by atoms with Crippen LogP contribution in [0.4, 0.5) is 0 Å². The van der Waals surface area contributed by atoms with Crippen molar-refractivity contribution in [1.29, 1.82) is 0 Å². The van der Waals surface area contributed by atoms with Crippen LogP contribution in [0.3, 0.4) is 0 Å². The van der Waals surface area contributed by atoms with Gasteiger partial charge in [0, 0.05) is 19.4 Å². The first-order chi connectivity index (χ1) is 9.74. The van der Waals surface area contributed by atoms with Gasteiger partial charge in [-0.1, -0.05) is 45.4 Å². The van der Waals surface area contributed by atoms with Gasteiger partial charge in [0.1, 0.15) is 0 Å². The molecule has 0 aliphatic rings. The van der Waals surface area contributed by atoms with E-state index in [4.69, 9.17) is 5.11 Å². The van der Waals surface area contributed by atoms with Gasteiger partial charge in [-0.2, -0.15) is 0 Å². The van der Waals surface area contributed by atoms with E-state index in [0.29, 0.717) is 13.0 Å². The average molecular weight is 282 g/mol. The fraction of sp³-hybridized carbons (Fsp3) is 0.857. The highest BCUT2D eigenvalue weighted by atomic mass is 16.4. The second-order valence-electron chi connectivity index (χ2n) is 5.19. The molecule has 1 aromatic heterocycles. The van der Waals surface area contributed by atoms with Crippen LogP contribution >= 0.6 is 0 Å². The summed E-state index contributed by atoms with van der Waals surface area (Å²) in [4.78, 5) is 10.5. The number of carboxylic acid groups (broad SMARTS) is 1. The van der Waals surface area contributed by atoms with Gasteiger partial charge in [0.05, 0.1) is 0 Å². The van der Waals surface area contributed by atoms with Crippen LogP contribution in [-0.4, -0.2) is 31.3 Å². The molecule has 1 N–H and O–H groups in total. The molecule has 0 spiro atoms. The van der Waals surface area contributed by atoms with Gasteiger partial charge in [-0.15, -0.1) is 5.10 Å². The third-order valence-corrected chi connectivity index (χ3v) is 3.37. The molecule has 0 amide bonds. The number of hydrogen-bond acceptors (Lipinski definition) is 4. The summed E-state index contributed by atoms with van der Waals surface area (Å²) in [6, 6.07) is 0. The molecule has 0 aliphatic heterocycles. The van der Waals surface area contributed by atoms with Crippen molar-refractivity contribution in [3.63, 3.8) is 0 Å². The van der Waals surface area contributed by atoms with Crippen molar-refractivity contribution in [2.24, 2.45) is 0 Å². The molecule has 0 bridgehead atoms. The summed E-state index contributed by atoms with van der Waals surface area (Å²) in [5.74, 6) is 0.107. The minimum absolute atomic E-state index is 0.163. The van der Waals surface area contributed by atoms with E-state index in [1.54, 1.807) is 4.68 Å². The quantitative estimate of drug-likeness (QED) is 0.596. The highest BCUT2D eigenvalue weighted by Crippen LogP contribution is 2.09. The van der Waals surface area contributed by atoms with Crippen molar-refractivity contribution in [3.05, 3.63) is 5.82 Å². The van der Waals surface area contributed by atoms with Crippen LogP contribution in [0.5, 0.6) is 0 Å². The zero-order valence-electron chi connectivity index (χ0n) is 12.4. The molecule has 0 radical (unpaired) electrons. The number of aromatic nitrogens is 4. The molecule has 0 aliphatic carbocycles. The summed E-state index contributed by atoms with van der Waals surface area (Å²) in [6.07, 6.45) is 10.5. The van der Waals surface area contributed by atoms with Crippen LogP contribution < -0.4 is 0 Å². The first-order valence-electron chi connectivity index (χ1n) is 7.71. The number of nitrogens with zero attached hydrogens (tertiary/aromatic N) is 4. The second kappa shape index (κ2) is 10.3. The number of hydrogen-bond donors (Lipinski definition) is 1. The van der Waals surface area contributed by atoms with E-state index in [0.717, 1.165) is 18.7 Å². The Labute approximate surface area is 120 Å². The van der Waals surface area contributed by atoms with Crippen molar-refractivity contribution < 1.29 is 9.90 Å². The Morgan fingerprint density at radius 2 is 1.80 bits per heavy atom. The Balaban J connectivity index is 2.14. The molecule has 1 aromatic rings. The molecule has 114 valence electrons. The molecule has 0 fully saturated rings. The summed E-state index contributed by atoms with van der Waals surface area (Å²) in [7, 11) is 0. The smallest absolute Gasteiger partial charge is 0.303 e. The highest BCUT2D eigenvalue weighted by molar-refractivity contribution is 5.66. The number of carbonyl (C=O) groups is 1. The molecular weight excluding hydrogens is 256 g/mol. The normalized spacial score (nSPS) is 10.8. The SMILES string of the molecule is CCCCCCCCCc1nnnn1CCCC(=O)O. The van der Waals surface area contributed by atoms with Crippen LogP contribution in [0.25, 0.3) is 0 Å². The van der Waals surface area contributed by atoms with Gasteiger partial charge in [0.2, 0.25) is 0 Å². The zero-order valence-corrected chi connectivity index (χ0v) is 12.4. The van der Waals surface area contributed by atoms with Gasteiger partial charge in [-0.3, -0.25) is 4.79 Å². The van der Waals surface area contributed by atoms with Crippen molar-refractivity contribution in [3.8, 4) is 0 Å². The maximum atomic E-state index is 10.5. The minimum atomic E-state index is -0.772. The summed E-state index contributed by atoms with van der Waals surface area (Å²) in [6.45, 7) is 2.81. The molecule has 0 unspecified atom stereocenters. The average Bonchev–Trinajstić information content (AvgIpc) is 2.85. The van der Waals surface area contributed by atoms with Gasteiger partial charge >= 0.3 is 5.97 Å². The molecule has 0 saturated heterocycles. The first kappa shape index (κ1) is 16.6. The van der Waals surface area contributed by atoms with Crippen molar-refractivity contribution in [1.82, 2.24) is 20.2 Å². The molecule has 1 heterocycles. The van der Waals surface area contributed by atoms with Crippen LogP contribution in [0.1, 0.15) is 70.5 Å². The van der Waals surface area contributed by atoms with E-state index < -0.39 is 5.97 Å². The minimum Gasteiger partial charge on any atom is -0.481 e. The fourth-order valence-corrected chi connectivity index (χ4v) is 2.20. The largest absolute Gasteiger partial charge is 0.481 e. The van der Waals surface area contributed by atoms with E-state index in [2.05, 4.69) is 22.4 Å². The van der Waals surface area contributed by atoms with Crippen LogP contribution in [-0.2, 0) is 17.8 Å².